The number of aliphatic hydroxyl groups is 1. The first-order valence-corrected chi connectivity index (χ1v) is 10.4. The van der Waals surface area contributed by atoms with Crippen LogP contribution in [0, 0.1) is 18.3 Å². The Kier molecular flexibility index (Phi) is 4.40. The molecule has 3 aromatic rings. The van der Waals surface area contributed by atoms with Gasteiger partial charge in [0, 0.05) is 29.8 Å². The van der Waals surface area contributed by atoms with Crippen molar-refractivity contribution in [3.05, 3.63) is 76.0 Å². The number of nitrogens with zero attached hydrogens (tertiary/aromatic N) is 3. The number of nitrogens with one attached hydrogen (secondary N) is 1. The van der Waals surface area contributed by atoms with Crippen molar-refractivity contribution in [2.24, 2.45) is 7.05 Å². The van der Waals surface area contributed by atoms with E-state index in [2.05, 4.69) is 28.6 Å². The van der Waals surface area contributed by atoms with Crippen LogP contribution in [-0.2, 0) is 18.3 Å². The molecule has 154 valence electrons. The molecule has 0 radical (unpaired) electrons. The predicted molar refractivity (Wildman–Crippen MR) is 118 cm³/mol. The lowest BCUT2D eigenvalue weighted by atomic mass is 9.81. The molecule has 2 aromatic carbocycles. The molecule has 0 fully saturated rings. The summed E-state index contributed by atoms with van der Waals surface area (Å²) in [6.07, 6.45) is 3.05. The lowest BCUT2D eigenvalue weighted by Gasteiger charge is -2.22. The van der Waals surface area contributed by atoms with Crippen LogP contribution >= 0.6 is 0 Å². The van der Waals surface area contributed by atoms with Crippen LogP contribution in [0.2, 0.25) is 0 Å². The summed E-state index contributed by atoms with van der Waals surface area (Å²) in [5, 5.41) is 28.0. The van der Waals surface area contributed by atoms with Crippen molar-refractivity contribution in [2.45, 2.75) is 32.1 Å². The second kappa shape index (κ2) is 7.13. The minimum absolute atomic E-state index is 0.126. The monoisotopic (exact) mass is 410 g/mol. The third-order valence-electron chi connectivity index (χ3n) is 6.25. The lowest BCUT2D eigenvalue weighted by Crippen LogP contribution is -2.16. The maximum atomic E-state index is 12.8. The molecular weight excluding hydrogens is 388 g/mol. The van der Waals surface area contributed by atoms with E-state index in [1.807, 2.05) is 38.2 Å². The van der Waals surface area contributed by atoms with Gasteiger partial charge in [0.05, 0.1) is 5.69 Å². The Hall–Kier alpha value is -3.85. The second-order valence-corrected chi connectivity index (χ2v) is 8.22. The molecule has 1 heterocycles. The molecule has 1 atom stereocenters. The Balaban J connectivity index is 1.60. The number of rotatable bonds is 3. The number of fused-ring (bicyclic) bond motifs is 3. The number of nitriles is 1. The molecule has 1 aromatic heterocycles. The summed E-state index contributed by atoms with van der Waals surface area (Å²) in [6.45, 7) is 1.92. The number of hydrogen-bond donors (Lipinski definition) is 2. The average molecular weight is 410 g/mol. The predicted octanol–water partition coefficient (Wildman–Crippen LogP) is 4.61. The highest BCUT2D eigenvalue weighted by Gasteiger charge is 2.39. The van der Waals surface area contributed by atoms with Crippen molar-refractivity contribution < 1.29 is 9.90 Å². The van der Waals surface area contributed by atoms with Gasteiger partial charge >= 0.3 is 0 Å². The fraction of sp³-hybridized carbons (Fsp3) is 0.240. The zero-order chi connectivity index (χ0) is 21.7. The smallest absolute Gasteiger partial charge is 0.270 e. The molecule has 0 spiro atoms. The SMILES string of the molecule is Cc1cccc(NC(=O)C(C#N)=C(O)c2nn(C)c3c2C2CCCc4cccc-3c42)c1. The number of aryl methyl sites for hydroxylation is 3. The molecule has 5 rings (SSSR count). The zero-order valence-electron chi connectivity index (χ0n) is 17.4. The first-order chi connectivity index (χ1) is 15.0. The zero-order valence-corrected chi connectivity index (χ0v) is 17.4. The van der Waals surface area contributed by atoms with E-state index in [9.17, 15) is 15.2 Å². The van der Waals surface area contributed by atoms with Crippen LogP contribution in [0.25, 0.3) is 17.0 Å². The van der Waals surface area contributed by atoms with E-state index in [1.165, 1.54) is 11.1 Å². The quantitative estimate of drug-likeness (QED) is 0.375. The van der Waals surface area contributed by atoms with Gasteiger partial charge < -0.3 is 10.4 Å². The molecule has 2 N–H and O–H groups in total. The molecule has 0 saturated carbocycles. The number of aliphatic hydroxyl groups excluding tert-OH is 1. The Morgan fingerprint density at radius 1 is 1.26 bits per heavy atom. The molecule has 2 aliphatic carbocycles. The van der Waals surface area contributed by atoms with Gasteiger partial charge in [-0.1, -0.05) is 30.3 Å². The van der Waals surface area contributed by atoms with Crippen LogP contribution in [0.1, 0.15) is 46.7 Å². The highest BCUT2D eigenvalue weighted by Crippen LogP contribution is 2.52. The summed E-state index contributed by atoms with van der Waals surface area (Å²) in [5.74, 6) is -0.894. The van der Waals surface area contributed by atoms with Gasteiger partial charge in [-0.15, -0.1) is 0 Å². The Morgan fingerprint density at radius 3 is 2.84 bits per heavy atom. The molecule has 31 heavy (non-hydrogen) atoms. The molecule has 6 nitrogen and oxygen atoms in total. The lowest BCUT2D eigenvalue weighted by molar-refractivity contribution is -0.112. The van der Waals surface area contributed by atoms with Crippen molar-refractivity contribution in [2.75, 3.05) is 5.32 Å². The maximum absolute atomic E-state index is 12.8. The van der Waals surface area contributed by atoms with E-state index >= 15 is 0 Å². The molecular formula is C25H22N4O2. The van der Waals surface area contributed by atoms with Crippen molar-refractivity contribution in [1.82, 2.24) is 9.78 Å². The molecule has 0 bridgehead atoms. The van der Waals surface area contributed by atoms with E-state index in [4.69, 9.17) is 0 Å². The van der Waals surface area contributed by atoms with Crippen molar-refractivity contribution in [3.63, 3.8) is 0 Å². The van der Waals surface area contributed by atoms with E-state index in [0.29, 0.717) is 11.4 Å². The molecule has 0 aliphatic heterocycles. The maximum Gasteiger partial charge on any atom is 0.270 e. The normalized spacial score (nSPS) is 16.7. The minimum Gasteiger partial charge on any atom is -0.504 e. The van der Waals surface area contributed by atoms with Crippen LogP contribution < -0.4 is 5.32 Å². The van der Waals surface area contributed by atoms with Gasteiger partial charge in [-0.2, -0.15) is 10.4 Å². The first-order valence-electron chi connectivity index (χ1n) is 10.4. The second-order valence-electron chi connectivity index (χ2n) is 8.22. The van der Waals surface area contributed by atoms with Gasteiger partial charge in [0.15, 0.2) is 11.3 Å². The minimum atomic E-state index is -0.648. The fourth-order valence-corrected chi connectivity index (χ4v) is 4.99. The summed E-state index contributed by atoms with van der Waals surface area (Å²) < 4.78 is 1.75. The van der Waals surface area contributed by atoms with E-state index in [-0.39, 0.29) is 17.3 Å². The van der Waals surface area contributed by atoms with Crippen LogP contribution in [0.4, 0.5) is 5.69 Å². The number of hydrogen-bond acceptors (Lipinski definition) is 4. The number of carbonyl (C=O) groups excluding carboxylic acids is 1. The Bertz CT molecular complexity index is 1310. The summed E-state index contributed by atoms with van der Waals surface area (Å²) in [5.41, 5.74) is 7.18. The number of aromatic nitrogens is 2. The van der Waals surface area contributed by atoms with E-state index in [0.717, 1.165) is 41.6 Å². The van der Waals surface area contributed by atoms with Crippen LogP contribution in [0.3, 0.4) is 0 Å². The molecule has 2 aliphatic rings. The third kappa shape index (κ3) is 2.93. The van der Waals surface area contributed by atoms with Gasteiger partial charge in [0.1, 0.15) is 11.8 Å². The summed E-state index contributed by atoms with van der Waals surface area (Å²) in [7, 11) is 1.84. The van der Waals surface area contributed by atoms with Crippen molar-refractivity contribution in [1.29, 1.82) is 5.26 Å². The van der Waals surface area contributed by atoms with E-state index in [1.54, 1.807) is 10.7 Å². The number of carbonyl (C=O) groups is 1. The van der Waals surface area contributed by atoms with Crippen LogP contribution in [0.15, 0.2) is 48.0 Å². The molecule has 1 unspecified atom stereocenters. The van der Waals surface area contributed by atoms with Crippen molar-refractivity contribution in [3.8, 4) is 17.3 Å². The van der Waals surface area contributed by atoms with Gasteiger partial charge in [-0.05, 0) is 55.0 Å². The molecule has 6 heteroatoms. The topological polar surface area (TPSA) is 90.9 Å². The largest absolute Gasteiger partial charge is 0.504 e. The highest BCUT2D eigenvalue weighted by molar-refractivity contribution is 6.11. The summed E-state index contributed by atoms with van der Waals surface area (Å²) >= 11 is 0. The van der Waals surface area contributed by atoms with Gasteiger partial charge in [0.2, 0.25) is 0 Å². The third-order valence-corrected chi connectivity index (χ3v) is 6.25. The standard InChI is InChI=1S/C25H22N4O2/c1-14-6-3-9-16(12-14)27-25(31)19(13-26)24(30)22-21-17-10-4-7-15-8-5-11-18(20(15)17)23(21)29(2)28-22/h3,5-6,8-9,11-12,17,30H,4,7,10H2,1-2H3,(H,27,31). The van der Waals surface area contributed by atoms with Crippen LogP contribution in [-0.4, -0.2) is 20.8 Å². The summed E-state index contributed by atoms with van der Waals surface area (Å²) in [6, 6.07) is 15.5. The van der Waals surface area contributed by atoms with E-state index < -0.39 is 5.91 Å². The van der Waals surface area contributed by atoms with Gasteiger partial charge in [-0.3, -0.25) is 9.48 Å². The highest BCUT2D eigenvalue weighted by atomic mass is 16.3. The molecule has 1 amide bonds. The Labute approximate surface area is 180 Å². The number of anilines is 1. The number of amides is 1. The van der Waals surface area contributed by atoms with Gasteiger partial charge in [-0.25, -0.2) is 0 Å². The summed E-state index contributed by atoms with van der Waals surface area (Å²) in [4.78, 5) is 12.8. The first kappa shape index (κ1) is 19.1. The fourth-order valence-electron chi connectivity index (χ4n) is 4.99. The average Bonchev–Trinajstić information content (AvgIpc) is 3.27. The molecule has 0 saturated heterocycles. The van der Waals surface area contributed by atoms with Crippen LogP contribution in [0.5, 0.6) is 0 Å². The number of benzene rings is 2. The Morgan fingerprint density at radius 2 is 2.06 bits per heavy atom. The van der Waals surface area contributed by atoms with Gasteiger partial charge in [0.25, 0.3) is 5.91 Å². The van der Waals surface area contributed by atoms with Crippen molar-refractivity contribution >= 4 is 17.4 Å².